The number of hydrogen-bond donors (Lipinski definition) is 2. The maximum absolute atomic E-state index is 12.6. The highest BCUT2D eigenvalue weighted by molar-refractivity contribution is 7.47. The molecule has 0 aromatic heterocycles. The number of carbonyl (C=O) groups is 1. The van der Waals surface area contributed by atoms with E-state index in [0.717, 1.165) is 44.9 Å². The van der Waals surface area contributed by atoms with Crippen molar-refractivity contribution < 1.29 is 32.8 Å². The van der Waals surface area contributed by atoms with Gasteiger partial charge >= 0.3 is 13.8 Å². The molecule has 0 spiro atoms. The summed E-state index contributed by atoms with van der Waals surface area (Å²) < 4.78 is 33.4. The van der Waals surface area contributed by atoms with Gasteiger partial charge in [0.1, 0.15) is 6.10 Å². The van der Waals surface area contributed by atoms with E-state index in [1.807, 2.05) is 0 Å². The van der Waals surface area contributed by atoms with Gasteiger partial charge in [0.05, 0.1) is 19.8 Å². The number of carbonyl (C=O) groups excluding carboxylic acids is 1. The number of nitrogens with two attached hydrogens (primary N) is 1. The molecule has 0 aromatic carbocycles. The molecule has 2 unspecified atom stereocenters. The van der Waals surface area contributed by atoms with Gasteiger partial charge in [-0.3, -0.25) is 13.8 Å². The van der Waals surface area contributed by atoms with Crippen molar-refractivity contribution in [2.75, 3.05) is 33.0 Å². The first-order chi connectivity index (χ1) is 25.4. The molecule has 0 aromatic rings. The molecule has 0 radical (unpaired) electrons. The molecule has 0 saturated carbocycles. The summed E-state index contributed by atoms with van der Waals surface area (Å²) in [7, 11) is -4.28. The fraction of sp³-hybridized carbons (Fsp3) is 0.837. The van der Waals surface area contributed by atoms with E-state index >= 15 is 0 Å². The lowest BCUT2D eigenvalue weighted by Crippen LogP contribution is -2.28. The van der Waals surface area contributed by atoms with E-state index in [0.29, 0.717) is 13.0 Å². The van der Waals surface area contributed by atoms with Crippen molar-refractivity contribution in [3.63, 3.8) is 0 Å². The van der Waals surface area contributed by atoms with Gasteiger partial charge in [-0.15, -0.1) is 0 Å². The van der Waals surface area contributed by atoms with Crippen LogP contribution in [-0.4, -0.2) is 49.9 Å². The third-order valence-electron chi connectivity index (χ3n) is 9.03. The molecular formula is C43H82NO7P. The molecule has 0 aliphatic heterocycles. The number of hydrogen-bond acceptors (Lipinski definition) is 7. The summed E-state index contributed by atoms with van der Waals surface area (Å²) in [5.74, 6) is -0.340. The zero-order valence-electron chi connectivity index (χ0n) is 33.8. The van der Waals surface area contributed by atoms with Crippen LogP contribution in [0.15, 0.2) is 36.5 Å². The highest BCUT2D eigenvalue weighted by atomic mass is 31.2. The molecule has 2 atom stereocenters. The third kappa shape index (κ3) is 39.9. The van der Waals surface area contributed by atoms with E-state index in [9.17, 15) is 14.3 Å². The molecule has 0 aliphatic carbocycles. The Labute approximate surface area is 320 Å². The zero-order valence-corrected chi connectivity index (χ0v) is 34.7. The van der Waals surface area contributed by atoms with E-state index < -0.39 is 13.9 Å². The molecule has 52 heavy (non-hydrogen) atoms. The Hall–Kier alpha value is -1.28. The lowest BCUT2D eigenvalue weighted by atomic mass is 10.1. The normalized spacial score (nSPS) is 13.8. The smallest absolute Gasteiger partial charge is 0.457 e. The molecule has 0 heterocycles. The third-order valence-corrected chi connectivity index (χ3v) is 10.0. The molecule has 0 bridgehead atoms. The summed E-state index contributed by atoms with van der Waals surface area (Å²) in [5.41, 5.74) is 5.37. The van der Waals surface area contributed by atoms with Crippen LogP contribution in [0.4, 0.5) is 0 Å². The van der Waals surface area contributed by atoms with Crippen molar-refractivity contribution in [1.29, 1.82) is 0 Å². The summed E-state index contributed by atoms with van der Waals surface area (Å²) in [6, 6.07) is 0. The Morgan fingerprint density at radius 1 is 0.577 bits per heavy atom. The quantitative estimate of drug-likeness (QED) is 0.0274. The second-order valence-electron chi connectivity index (χ2n) is 14.2. The second-order valence-corrected chi connectivity index (χ2v) is 15.7. The Balaban J connectivity index is 4.06. The summed E-state index contributed by atoms with van der Waals surface area (Å²) in [4.78, 5) is 22.5. The number of unbranched alkanes of at least 4 members (excludes halogenated alkanes) is 22. The van der Waals surface area contributed by atoms with E-state index in [2.05, 4.69) is 50.3 Å². The van der Waals surface area contributed by atoms with Crippen molar-refractivity contribution in [2.24, 2.45) is 5.73 Å². The molecular weight excluding hydrogens is 673 g/mol. The van der Waals surface area contributed by atoms with Gasteiger partial charge in [0, 0.05) is 19.6 Å². The number of phosphoric acid groups is 1. The van der Waals surface area contributed by atoms with Crippen LogP contribution in [0.3, 0.4) is 0 Å². The zero-order chi connectivity index (χ0) is 38.1. The Morgan fingerprint density at radius 2 is 1.02 bits per heavy atom. The second kappa shape index (κ2) is 40.9. The van der Waals surface area contributed by atoms with Gasteiger partial charge in [-0.05, 0) is 70.6 Å². The van der Waals surface area contributed by atoms with E-state index in [-0.39, 0.29) is 32.3 Å². The standard InChI is InChI=1S/C43H82NO7P/c1-3-5-7-9-11-13-15-17-19-21-22-24-26-28-30-32-34-36-43(45)51-42(41-50-52(46,47)49-39-37-44)40-48-38-35-33-31-29-27-25-23-20-18-16-14-12-10-8-6-4-2/h11,13,17-20,42H,3-10,12,14-16,21-41,44H2,1-2H3,(H,46,47)/b13-11-,19-17-,20-18-. The van der Waals surface area contributed by atoms with Crippen LogP contribution in [0.25, 0.3) is 0 Å². The summed E-state index contributed by atoms with van der Waals surface area (Å²) >= 11 is 0. The average Bonchev–Trinajstić information content (AvgIpc) is 3.13. The highest BCUT2D eigenvalue weighted by Crippen LogP contribution is 2.43. The fourth-order valence-corrected chi connectivity index (χ4v) is 6.61. The number of allylic oxidation sites excluding steroid dienone is 6. The molecule has 0 saturated heterocycles. The minimum Gasteiger partial charge on any atom is -0.457 e. The lowest BCUT2D eigenvalue weighted by molar-refractivity contribution is -0.154. The van der Waals surface area contributed by atoms with Crippen LogP contribution in [-0.2, 0) is 27.9 Å². The lowest BCUT2D eigenvalue weighted by Gasteiger charge is -2.20. The number of rotatable bonds is 41. The minimum atomic E-state index is -4.28. The fourth-order valence-electron chi connectivity index (χ4n) is 5.84. The van der Waals surface area contributed by atoms with Crippen molar-refractivity contribution >= 4 is 13.8 Å². The van der Waals surface area contributed by atoms with Crippen LogP contribution in [0, 0.1) is 0 Å². The molecule has 8 nitrogen and oxygen atoms in total. The predicted molar refractivity (Wildman–Crippen MR) is 220 cm³/mol. The first-order valence-corrected chi connectivity index (χ1v) is 23.0. The Morgan fingerprint density at radius 3 is 1.56 bits per heavy atom. The molecule has 3 N–H and O–H groups in total. The molecule has 0 rings (SSSR count). The molecule has 0 aliphatic rings. The average molecular weight is 756 g/mol. The first-order valence-electron chi connectivity index (χ1n) is 21.5. The maximum Gasteiger partial charge on any atom is 0.472 e. The van der Waals surface area contributed by atoms with Gasteiger partial charge < -0.3 is 20.1 Å². The van der Waals surface area contributed by atoms with Crippen LogP contribution in [0.5, 0.6) is 0 Å². The SMILES string of the molecule is CCCCC/C=C\C/C=C\CCCCCCCCCC(=O)OC(COCCCCCCCC/C=C\CCCCCCCC)COP(=O)(O)OCCN. The minimum absolute atomic E-state index is 0.0977. The molecule has 0 amide bonds. The predicted octanol–water partition coefficient (Wildman–Crippen LogP) is 12.6. The monoisotopic (exact) mass is 756 g/mol. The Bertz CT molecular complexity index is 895. The molecule has 306 valence electrons. The van der Waals surface area contributed by atoms with Crippen LogP contribution < -0.4 is 5.73 Å². The van der Waals surface area contributed by atoms with E-state index in [1.165, 1.54) is 128 Å². The van der Waals surface area contributed by atoms with Crippen molar-refractivity contribution in [3.05, 3.63) is 36.5 Å². The van der Waals surface area contributed by atoms with E-state index in [1.54, 1.807) is 0 Å². The largest absolute Gasteiger partial charge is 0.472 e. The van der Waals surface area contributed by atoms with Crippen LogP contribution in [0.2, 0.25) is 0 Å². The Kier molecular flexibility index (Phi) is 39.9. The van der Waals surface area contributed by atoms with Gasteiger partial charge in [0.2, 0.25) is 0 Å². The van der Waals surface area contributed by atoms with Gasteiger partial charge in [-0.2, -0.15) is 0 Å². The van der Waals surface area contributed by atoms with Gasteiger partial charge in [0.25, 0.3) is 0 Å². The topological polar surface area (TPSA) is 117 Å². The van der Waals surface area contributed by atoms with Crippen molar-refractivity contribution in [2.45, 2.75) is 200 Å². The van der Waals surface area contributed by atoms with Crippen molar-refractivity contribution in [3.8, 4) is 0 Å². The van der Waals surface area contributed by atoms with Crippen LogP contribution >= 0.6 is 7.82 Å². The summed E-state index contributed by atoms with van der Waals surface area (Å²) in [6.07, 6.45) is 45.8. The van der Waals surface area contributed by atoms with E-state index in [4.69, 9.17) is 24.3 Å². The summed E-state index contributed by atoms with van der Waals surface area (Å²) in [5, 5.41) is 0. The highest BCUT2D eigenvalue weighted by Gasteiger charge is 2.25. The van der Waals surface area contributed by atoms with Crippen molar-refractivity contribution in [1.82, 2.24) is 0 Å². The van der Waals surface area contributed by atoms with Gasteiger partial charge in [-0.1, -0.05) is 153 Å². The molecule has 9 heteroatoms. The first kappa shape index (κ1) is 50.7. The number of ether oxygens (including phenoxy) is 2. The number of esters is 1. The van der Waals surface area contributed by atoms with Crippen LogP contribution in [0.1, 0.15) is 194 Å². The number of phosphoric ester groups is 1. The van der Waals surface area contributed by atoms with Gasteiger partial charge in [-0.25, -0.2) is 4.57 Å². The van der Waals surface area contributed by atoms with Gasteiger partial charge in [0.15, 0.2) is 0 Å². The molecule has 0 fully saturated rings. The summed E-state index contributed by atoms with van der Waals surface area (Å²) in [6.45, 7) is 4.88. The maximum atomic E-state index is 12.6.